The largest absolute Gasteiger partial charge is 0.370 e. The Hall–Kier alpha value is -3.13. The zero-order chi connectivity index (χ0) is 24.5. The Bertz CT molecular complexity index is 1350. The number of likely N-dealkylation sites (tertiary alicyclic amines) is 1. The van der Waals surface area contributed by atoms with Gasteiger partial charge in [-0.25, -0.2) is 4.58 Å². The molecule has 2 aliphatic carbocycles. The van der Waals surface area contributed by atoms with Crippen LogP contribution in [-0.4, -0.2) is 41.4 Å². The quantitative estimate of drug-likeness (QED) is 0.442. The fourth-order valence-corrected chi connectivity index (χ4v) is 7.67. The van der Waals surface area contributed by atoms with Crippen LogP contribution in [0.25, 0.3) is 12.2 Å². The summed E-state index contributed by atoms with van der Waals surface area (Å²) in [4.78, 5) is 2.49. The number of hydrogen-bond donors (Lipinski definition) is 0. The maximum Gasteiger partial charge on any atom is 0.182 e. The Kier molecular flexibility index (Phi) is 4.90. The lowest BCUT2D eigenvalue weighted by Crippen LogP contribution is -2.31. The van der Waals surface area contributed by atoms with Gasteiger partial charge in [-0.15, -0.1) is 0 Å². The van der Waals surface area contributed by atoms with E-state index in [1.54, 1.807) is 0 Å². The van der Waals surface area contributed by atoms with Crippen LogP contribution in [0, 0.1) is 10.8 Å². The molecule has 1 fully saturated rings. The third kappa shape index (κ3) is 3.12. The molecule has 0 bridgehead atoms. The van der Waals surface area contributed by atoms with Gasteiger partial charge >= 0.3 is 0 Å². The summed E-state index contributed by atoms with van der Waals surface area (Å²) in [5.41, 5.74) is 8.62. The van der Waals surface area contributed by atoms with Crippen LogP contribution in [0.15, 0.2) is 84.6 Å². The molecule has 35 heavy (non-hydrogen) atoms. The Balaban J connectivity index is 1.35. The van der Waals surface area contributed by atoms with Gasteiger partial charge in [0.15, 0.2) is 11.8 Å². The van der Waals surface area contributed by atoms with Gasteiger partial charge < -0.3 is 4.90 Å². The molecule has 0 amide bonds. The van der Waals surface area contributed by atoms with E-state index < -0.39 is 0 Å². The van der Waals surface area contributed by atoms with Crippen molar-refractivity contribution in [2.75, 3.05) is 14.1 Å². The van der Waals surface area contributed by atoms with Crippen molar-refractivity contribution in [1.82, 2.24) is 4.90 Å². The number of benzene rings is 2. The van der Waals surface area contributed by atoms with Crippen molar-refractivity contribution in [3.8, 4) is 0 Å². The molecule has 178 valence electrons. The SMILES string of the molecule is CN1C(=CC=CC2=[N+](C)C3C=Cc4ccccc4C3C2(C)C)C(C)(C)C2c3ccccc3C=CC21. The summed E-state index contributed by atoms with van der Waals surface area (Å²) in [6, 6.07) is 18.6. The van der Waals surface area contributed by atoms with E-state index in [0.29, 0.717) is 23.9 Å². The van der Waals surface area contributed by atoms with Gasteiger partial charge in [0.05, 0.1) is 17.4 Å². The van der Waals surface area contributed by atoms with Crippen LogP contribution in [-0.2, 0) is 0 Å². The molecule has 2 aromatic rings. The van der Waals surface area contributed by atoms with Gasteiger partial charge in [0.2, 0.25) is 0 Å². The van der Waals surface area contributed by atoms with E-state index in [1.807, 2.05) is 0 Å². The first kappa shape index (κ1) is 22.3. The normalized spacial score (nSPS) is 30.6. The minimum atomic E-state index is 0.0576. The molecule has 0 N–H and O–H groups in total. The Morgan fingerprint density at radius 2 is 1.40 bits per heavy atom. The zero-order valence-electron chi connectivity index (χ0n) is 21.9. The highest BCUT2D eigenvalue weighted by Crippen LogP contribution is 2.55. The fraction of sp³-hybridized carbons (Fsp3) is 0.364. The van der Waals surface area contributed by atoms with Gasteiger partial charge in [0.25, 0.3) is 0 Å². The fourth-order valence-electron chi connectivity index (χ4n) is 7.67. The van der Waals surface area contributed by atoms with Crippen molar-refractivity contribution < 1.29 is 4.58 Å². The molecule has 0 spiro atoms. The van der Waals surface area contributed by atoms with Gasteiger partial charge in [-0.05, 0) is 48.3 Å². The Morgan fingerprint density at radius 1 is 0.800 bits per heavy atom. The standard InChI is InChI=1S/C33H37N2/c1-32(2)28(34(5)26-20-18-22-12-7-9-14-24(22)30(26)32)16-11-17-29-33(3,4)31-25-15-10-8-13-23(25)19-21-27(31)35(29)6/h7-21,26-27,30-31H,1-6H3/q+1. The average Bonchev–Trinajstić information content (AvgIpc) is 3.17. The predicted molar refractivity (Wildman–Crippen MR) is 148 cm³/mol. The summed E-state index contributed by atoms with van der Waals surface area (Å²) in [6.45, 7) is 9.66. The van der Waals surface area contributed by atoms with Gasteiger partial charge in [-0.3, -0.25) is 0 Å². The number of nitrogens with zero attached hydrogens (tertiary/aromatic N) is 2. The molecule has 0 radical (unpaired) electrons. The van der Waals surface area contributed by atoms with Crippen molar-refractivity contribution in [3.05, 3.63) is 107 Å². The molecule has 4 unspecified atom stereocenters. The summed E-state index contributed by atoms with van der Waals surface area (Å²) in [5, 5.41) is 0. The number of likely N-dealkylation sites (N-methyl/N-ethyl adjacent to an activating group) is 2. The summed E-state index contributed by atoms with van der Waals surface area (Å²) < 4.78 is 2.49. The highest BCUT2D eigenvalue weighted by Gasteiger charge is 2.54. The van der Waals surface area contributed by atoms with Crippen LogP contribution in [0.5, 0.6) is 0 Å². The van der Waals surface area contributed by atoms with Crippen molar-refractivity contribution in [1.29, 1.82) is 0 Å². The van der Waals surface area contributed by atoms with Crippen molar-refractivity contribution >= 4 is 17.9 Å². The monoisotopic (exact) mass is 461 g/mol. The van der Waals surface area contributed by atoms with Crippen LogP contribution in [0.1, 0.15) is 61.8 Å². The molecular weight excluding hydrogens is 424 g/mol. The van der Waals surface area contributed by atoms with Gasteiger partial charge in [0.1, 0.15) is 7.05 Å². The van der Waals surface area contributed by atoms with Crippen LogP contribution in [0.4, 0.5) is 0 Å². The molecule has 2 heteroatoms. The average molecular weight is 462 g/mol. The maximum absolute atomic E-state index is 2.49. The Morgan fingerprint density at radius 3 is 2.09 bits per heavy atom. The molecule has 0 saturated carbocycles. The second-order valence-corrected chi connectivity index (χ2v) is 11.9. The lowest BCUT2D eigenvalue weighted by atomic mass is 9.68. The third-order valence-corrected chi connectivity index (χ3v) is 9.33. The van der Waals surface area contributed by atoms with E-state index in [2.05, 4.69) is 142 Å². The molecule has 2 nitrogen and oxygen atoms in total. The van der Waals surface area contributed by atoms with Crippen LogP contribution < -0.4 is 0 Å². The topological polar surface area (TPSA) is 6.25 Å². The summed E-state index contributed by atoms with van der Waals surface area (Å²) in [6.07, 6.45) is 16.5. The van der Waals surface area contributed by atoms with Crippen LogP contribution in [0.2, 0.25) is 0 Å². The minimum absolute atomic E-state index is 0.0576. The highest BCUT2D eigenvalue weighted by atomic mass is 15.2. The van der Waals surface area contributed by atoms with Crippen molar-refractivity contribution in [2.45, 2.75) is 51.6 Å². The highest BCUT2D eigenvalue weighted by molar-refractivity contribution is 5.98. The molecular formula is C33H37N2+. The summed E-state index contributed by atoms with van der Waals surface area (Å²) in [5.74, 6) is 0.937. The smallest absolute Gasteiger partial charge is 0.182 e. The van der Waals surface area contributed by atoms with E-state index in [4.69, 9.17) is 0 Å². The van der Waals surface area contributed by atoms with E-state index >= 15 is 0 Å². The van der Waals surface area contributed by atoms with Crippen LogP contribution >= 0.6 is 0 Å². The van der Waals surface area contributed by atoms with E-state index in [-0.39, 0.29) is 10.8 Å². The minimum Gasteiger partial charge on any atom is -0.370 e. The molecule has 6 rings (SSSR count). The number of fused-ring (bicyclic) bond motifs is 6. The predicted octanol–water partition coefficient (Wildman–Crippen LogP) is 6.88. The summed E-state index contributed by atoms with van der Waals surface area (Å²) in [7, 11) is 4.53. The van der Waals surface area contributed by atoms with Crippen LogP contribution in [0.3, 0.4) is 0 Å². The first-order valence-corrected chi connectivity index (χ1v) is 13.0. The number of hydrogen-bond acceptors (Lipinski definition) is 1. The zero-order valence-corrected chi connectivity index (χ0v) is 21.9. The van der Waals surface area contributed by atoms with E-state index in [9.17, 15) is 0 Å². The molecule has 4 aliphatic rings. The van der Waals surface area contributed by atoms with E-state index in [0.717, 1.165) is 0 Å². The first-order valence-electron chi connectivity index (χ1n) is 13.0. The lowest BCUT2D eigenvalue weighted by Gasteiger charge is -2.32. The van der Waals surface area contributed by atoms with Gasteiger partial charge in [0, 0.05) is 30.2 Å². The molecule has 0 aromatic heterocycles. The molecule has 2 aliphatic heterocycles. The summed E-state index contributed by atoms with van der Waals surface area (Å²) >= 11 is 0. The first-order chi connectivity index (χ1) is 16.7. The van der Waals surface area contributed by atoms with E-state index in [1.165, 1.54) is 33.7 Å². The number of rotatable bonds is 2. The van der Waals surface area contributed by atoms with Crippen molar-refractivity contribution in [2.24, 2.45) is 10.8 Å². The third-order valence-electron chi connectivity index (χ3n) is 9.33. The molecule has 1 saturated heterocycles. The molecule has 4 atom stereocenters. The maximum atomic E-state index is 2.49. The molecule has 2 aromatic carbocycles. The molecule has 2 heterocycles. The lowest BCUT2D eigenvalue weighted by molar-refractivity contribution is -0.518. The number of allylic oxidation sites excluding steroid dienone is 4. The van der Waals surface area contributed by atoms with Crippen molar-refractivity contribution in [3.63, 3.8) is 0 Å². The second kappa shape index (κ2) is 7.68. The van der Waals surface area contributed by atoms with Gasteiger partial charge in [-0.2, -0.15) is 0 Å². The Labute approximate surface area is 210 Å². The second-order valence-electron chi connectivity index (χ2n) is 11.9. The van der Waals surface area contributed by atoms with Gasteiger partial charge in [-0.1, -0.05) is 86.7 Å².